The second-order valence-electron chi connectivity index (χ2n) is 10.3. The Balaban J connectivity index is 1.23. The van der Waals surface area contributed by atoms with Crippen LogP contribution >= 0.6 is 0 Å². The molecule has 1 unspecified atom stereocenters. The van der Waals surface area contributed by atoms with Gasteiger partial charge < -0.3 is 26.4 Å². The lowest BCUT2D eigenvalue weighted by molar-refractivity contribution is -0.118. The van der Waals surface area contributed by atoms with Crippen LogP contribution < -0.4 is 21.7 Å². The standard InChI is InChI=1S/C32H37N5O3/c33-28-3-1-2-4-29(28)36-30(38)16-7-23-5-8-26(9-6-23)31(34-17-18-37-19-21-40-22-20-37)32(39)35-27-14-12-25(13-15-27)24-10-11-24/h1-9,12-16,24,31,34H,10-11,17-22,33H2,(H,35,39)(H,36,38)/b16-7+. The molecule has 1 saturated heterocycles. The van der Waals surface area contributed by atoms with E-state index in [1.54, 1.807) is 18.2 Å². The number of rotatable bonds is 11. The van der Waals surface area contributed by atoms with Gasteiger partial charge in [0.1, 0.15) is 6.04 Å². The maximum absolute atomic E-state index is 13.4. The third-order valence-corrected chi connectivity index (χ3v) is 7.28. The Hall–Kier alpha value is -3.98. The molecule has 8 nitrogen and oxygen atoms in total. The van der Waals surface area contributed by atoms with Gasteiger partial charge in [-0.3, -0.25) is 14.5 Å². The summed E-state index contributed by atoms with van der Waals surface area (Å²) in [5.74, 6) is 0.301. The van der Waals surface area contributed by atoms with Crippen molar-refractivity contribution in [3.05, 3.63) is 95.6 Å². The minimum atomic E-state index is -0.522. The van der Waals surface area contributed by atoms with Crippen molar-refractivity contribution in [3.8, 4) is 0 Å². The number of benzene rings is 3. The first-order valence-corrected chi connectivity index (χ1v) is 13.9. The molecule has 2 fully saturated rings. The number of nitrogen functional groups attached to an aromatic ring is 1. The van der Waals surface area contributed by atoms with Crippen LogP contribution in [0.1, 0.15) is 41.5 Å². The number of nitrogens with one attached hydrogen (secondary N) is 3. The van der Waals surface area contributed by atoms with E-state index < -0.39 is 6.04 Å². The fourth-order valence-electron chi connectivity index (χ4n) is 4.78. The molecule has 1 atom stereocenters. The molecule has 2 aliphatic rings. The van der Waals surface area contributed by atoms with Gasteiger partial charge in [-0.2, -0.15) is 0 Å². The summed E-state index contributed by atoms with van der Waals surface area (Å²) in [6.07, 6.45) is 5.70. The van der Waals surface area contributed by atoms with Gasteiger partial charge in [0.25, 0.3) is 0 Å². The molecule has 1 saturated carbocycles. The molecular weight excluding hydrogens is 502 g/mol. The number of para-hydroxylation sites is 2. The van der Waals surface area contributed by atoms with Gasteiger partial charge >= 0.3 is 0 Å². The lowest BCUT2D eigenvalue weighted by atomic mass is 10.0. The lowest BCUT2D eigenvalue weighted by Crippen LogP contribution is -2.42. The van der Waals surface area contributed by atoms with E-state index in [9.17, 15) is 9.59 Å². The van der Waals surface area contributed by atoms with Gasteiger partial charge in [-0.05, 0) is 65.8 Å². The van der Waals surface area contributed by atoms with E-state index in [0.717, 1.165) is 49.7 Å². The number of morpholine rings is 1. The zero-order valence-corrected chi connectivity index (χ0v) is 22.6. The number of hydrogen-bond donors (Lipinski definition) is 4. The molecule has 3 aromatic carbocycles. The minimum absolute atomic E-state index is 0.107. The highest BCUT2D eigenvalue weighted by molar-refractivity contribution is 6.03. The predicted molar refractivity (Wildman–Crippen MR) is 160 cm³/mol. The molecule has 0 aromatic heterocycles. The van der Waals surface area contributed by atoms with Gasteiger partial charge in [0, 0.05) is 37.9 Å². The minimum Gasteiger partial charge on any atom is -0.397 e. The molecule has 1 heterocycles. The number of carbonyl (C=O) groups excluding carboxylic acids is 2. The monoisotopic (exact) mass is 539 g/mol. The molecule has 1 aliphatic carbocycles. The first-order chi connectivity index (χ1) is 19.5. The van der Waals surface area contributed by atoms with E-state index in [1.807, 2.05) is 48.5 Å². The van der Waals surface area contributed by atoms with Crippen molar-refractivity contribution in [3.63, 3.8) is 0 Å². The number of nitrogens with zero attached hydrogens (tertiary/aromatic N) is 1. The summed E-state index contributed by atoms with van der Waals surface area (Å²) >= 11 is 0. The maximum Gasteiger partial charge on any atom is 0.248 e. The summed E-state index contributed by atoms with van der Waals surface area (Å²) in [6.45, 7) is 4.79. The first kappa shape index (κ1) is 27.6. The van der Waals surface area contributed by atoms with Crippen molar-refractivity contribution >= 4 is 35.0 Å². The van der Waals surface area contributed by atoms with Crippen LogP contribution in [-0.2, 0) is 14.3 Å². The third kappa shape index (κ3) is 7.79. The quantitative estimate of drug-likeness (QED) is 0.213. The highest BCUT2D eigenvalue weighted by atomic mass is 16.5. The average Bonchev–Trinajstić information content (AvgIpc) is 3.83. The number of hydrogen-bond acceptors (Lipinski definition) is 6. The van der Waals surface area contributed by atoms with Crippen LogP contribution in [0.25, 0.3) is 6.08 Å². The lowest BCUT2D eigenvalue weighted by Gasteiger charge is -2.27. The molecule has 0 bridgehead atoms. The number of ether oxygens (including phenoxy) is 1. The maximum atomic E-state index is 13.4. The van der Waals surface area contributed by atoms with Crippen LogP contribution in [0.5, 0.6) is 0 Å². The Morgan fingerprint density at radius 3 is 2.38 bits per heavy atom. The molecule has 3 aromatic rings. The predicted octanol–water partition coefficient (Wildman–Crippen LogP) is 4.40. The van der Waals surface area contributed by atoms with E-state index >= 15 is 0 Å². The van der Waals surface area contributed by atoms with E-state index in [2.05, 4.69) is 33.0 Å². The van der Waals surface area contributed by atoms with Crippen molar-refractivity contribution in [2.24, 2.45) is 0 Å². The Morgan fingerprint density at radius 1 is 0.950 bits per heavy atom. The summed E-state index contributed by atoms with van der Waals surface area (Å²) in [4.78, 5) is 28.1. The smallest absolute Gasteiger partial charge is 0.248 e. The van der Waals surface area contributed by atoms with Gasteiger partial charge in [-0.25, -0.2) is 0 Å². The van der Waals surface area contributed by atoms with Gasteiger partial charge in [0.15, 0.2) is 0 Å². The summed E-state index contributed by atoms with van der Waals surface area (Å²) in [5, 5.41) is 9.33. The number of carbonyl (C=O) groups is 2. The van der Waals surface area contributed by atoms with Crippen LogP contribution in [0.4, 0.5) is 17.1 Å². The normalized spacial score (nSPS) is 16.5. The molecule has 0 spiro atoms. The van der Waals surface area contributed by atoms with E-state index in [-0.39, 0.29) is 11.8 Å². The fourth-order valence-corrected chi connectivity index (χ4v) is 4.78. The van der Waals surface area contributed by atoms with Gasteiger partial charge in [0.2, 0.25) is 11.8 Å². The zero-order chi connectivity index (χ0) is 27.7. The van der Waals surface area contributed by atoms with E-state index in [1.165, 1.54) is 24.5 Å². The summed E-state index contributed by atoms with van der Waals surface area (Å²) in [7, 11) is 0. The van der Waals surface area contributed by atoms with Crippen LogP contribution in [0.3, 0.4) is 0 Å². The third-order valence-electron chi connectivity index (χ3n) is 7.28. The highest BCUT2D eigenvalue weighted by Crippen LogP contribution is 2.40. The van der Waals surface area contributed by atoms with E-state index in [4.69, 9.17) is 10.5 Å². The largest absolute Gasteiger partial charge is 0.397 e. The number of nitrogens with two attached hydrogens (primary N) is 1. The Kier molecular flexibility index (Phi) is 9.23. The molecular formula is C32H37N5O3. The number of anilines is 3. The first-order valence-electron chi connectivity index (χ1n) is 13.9. The Labute approximate surface area is 235 Å². The van der Waals surface area contributed by atoms with Crippen LogP contribution in [-0.4, -0.2) is 56.1 Å². The number of amides is 2. The SMILES string of the molecule is Nc1ccccc1NC(=O)/C=C/c1ccc(C(NCCN2CCOCC2)C(=O)Nc2ccc(C3CC3)cc2)cc1. The van der Waals surface area contributed by atoms with Crippen molar-refractivity contribution in [1.29, 1.82) is 0 Å². The fraction of sp³-hybridized carbons (Fsp3) is 0.312. The summed E-state index contributed by atoms with van der Waals surface area (Å²) < 4.78 is 5.45. The Bertz CT molecular complexity index is 1310. The van der Waals surface area contributed by atoms with Crippen LogP contribution in [0.2, 0.25) is 0 Å². The second kappa shape index (κ2) is 13.4. The average molecular weight is 540 g/mol. The van der Waals surface area contributed by atoms with Crippen molar-refractivity contribution in [1.82, 2.24) is 10.2 Å². The van der Waals surface area contributed by atoms with E-state index in [0.29, 0.717) is 23.8 Å². The van der Waals surface area contributed by atoms with Gasteiger partial charge in [-0.15, -0.1) is 0 Å². The highest BCUT2D eigenvalue weighted by Gasteiger charge is 2.24. The van der Waals surface area contributed by atoms with Crippen LogP contribution in [0.15, 0.2) is 78.9 Å². The summed E-state index contributed by atoms with van der Waals surface area (Å²) in [6, 6.07) is 22.5. The molecule has 2 amide bonds. The van der Waals surface area contributed by atoms with Crippen molar-refractivity contribution < 1.29 is 14.3 Å². The molecule has 8 heteroatoms. The van der Waals surface area contributed by atoms with Crippen molar-refractivity contribution in [2.45, 2.75) is 24.8 Å². The molecule has 0 radical (unpaired) electrons. The summed E-state index contributed by atoms with van der Waals surface area (Å²) in [5.41, 5.74) is 10.8. The molecule has 40 heavy (non-hydrogen) atoms. The van der Waals surface area contributed by atoms with Crippen molar-refractivity contribution in [2.75, 3.05) is 55.8 Å². The topological polar surface area (TPSA) is 109 Å². The molecule has 208 valence electrons. The zero-order valence-electron chi connectivity index (χ0n) is 22.6. The molecule has 1 aliphatic heterocycles. The Morgan fingerprint density at radius 2 is 1.68 bits per heavy atom. The van der Waals surface area contributed by atoms with Crippen LogP contribution in [0, 0.1) is 0 Å². The molecule has 5 rings (SSSR count). The van der Waals surface area contributed by atoms with Gasteiger partial charge in [0.05, 0.1) is 24.6 Å². The van der Waals surface area contributed by atoms with Gasteiger partial charge in [-0.1, -0.05) is 48.5 Å². The molecule has 5 N–H and O–H groups in total. The second-order valence-corrected chi connectivity index (χ2v) is 10.3.